The smallest absolute Gasteiger partial charge is 0.247 e. The molecule has 1 amide bonds. The van der Waals surface area contributed by atoms with Crippen LogP contribution < -0.4 is 5.11 Å². The van der Waals surface area contributed by atoms with Crippen LogP contribution in [0.2, 0.25) is 0 Å². The number of hydrogen-bond donors (Lipinski definition) is 0. The van der Waals surface area contributed by atoms with Crippen LogP contribution in [0.5, 0.6) is 0 Å². The average molecular weight is 294 g/mol. The van der Waals surface area contributed by atoms with E-state index in [1.807, 2.05) is 60.7 Å². The first-order valence-electron chi connectivity index (χ1n) is 6.91. The third-order valence-corrected chi connectivity index (χ3v) is 3.11. The van der Waals surface area contributed by atoms with Gasteiger partial charge in [0, 0.05) is 19.2 Å². The molecule has 0 aliphatic heterocycles. The number of carboxylic acid groups (broad SMARTS) is 1. The van der Waals surface area contributed by atoms with Crippen molar-refractivity contribution in [2.45, 2.75) is 13.1 Å². The van der Waals surface area contributed by atoms with Crippen LogP contribution in [0.15, 0.2) is 72.8 Å². The number of carbonyl (C=O) groups excluding carboxylic acids is 2. The summed E-state index contributed by atoms with van der Waals surface area (Å²) in [6, 6.07) is 19.1. The van der Waals surface area contributed by atoms with E-state index in [1.165, 1.54) is 0 Å². The zero-order valence-electron chi connectivity index (χ0n) is 12.0. The lowest BCUT2D eigenvalue weighted by Crippen LogP contribution is -2.29. The monoisotopic (exact) mass is 294 g/mol. The zero-order chi connectivity index (χ0) is 15.8. The lowest BCUT2D eigenvalue weighted by molar-refractivity contribution is -0.297. The minimum Gasteiger partial charge on any atom is -0.545 e. The molecule has 4 nitrogen and oxygen atoms in total. The summed E-state index contributed by atoms with van der Waals surface area (Å²) in [6.07, 6.45) is 1.78. The highest BCUT2D eigenvalue weighted by molar-refractivity contribution is 5.93. The topological polar surface area (TPSA) is 60.4 Å². The molecule has 112 valence electrons. The Morgan fingerprint density at radius 2 is 1.27 bits per heavy atom. The maximum atomic E-state index is 12.2. The summed E-state index contributed by atoms with van der Waals surface area (Å²) >= 11 is 0. The van der Waals surface area contributed by atoms with Crippen LogP contribution in [-0.2, 0) is 22.7 Å². The first-order valence-corrected chi connectivity index (χ1v) is 6.91. The standard InChI is InChI=1S/C18H17NO3/c20-17(11-12-18(21)22)19(13-15-7-3-1-4-8-15)14-16-9-5-2-6-10-16/h1-12H,13-14H2,(H,21,22)/p-1/b12-11+. The number of amides is 1. The molecule has 4 heteroatoms. The van der Waals surface area contributed by atoms with Gasteiger partial charge in [-0.2, -0.15) is 0 Å². The first kappa shape index (κ1) is 15.5. The molecule has 0 saturated heterocycles. The highest BCUT2D eigenvalue weighted by Gasteiger charge is 2.12. The van der Waals surface area contributed by atoms with Gasteiger partial charge in [0.05, 0.1) is 5.97 Å². The summed E-state index contributed by atoms with van der Waals surface area (Å²) in [7, 11) is 0. The van der Waals surface area contributed by atoms with E-state index in [4.69, 9.17) is 0 Å². The Balaban J connectivity index is 2.16. The molecule has 0 aromatic heterocycles. The second kappa shape index (κ2) is 7.78. The second-order valence-corrected chi connectivity index (χ2v) is 4.82. The average Bonchev–Trinajstić information content (AvgIpc) is 2.54. The van der Waals surface area contributed by atoms with E-state index in [9.17, 15) is 14.7 Å². The predicted molar refractivity (Wildman–Crippen MR) is 81.3 cm³/mol. The normalized spacial score (nSPS) is 10.5. The summed E-state index contributed by atoms with van der Waals surface area (Å²) in [5.41, 5.74) is 1.96. The molecular weight excluding hydrogens is 278 g/mol. The van der Waals surface area contributed by atoms with E-state index in [2.05, 4.69) is 0 Å². The molecule has 0 saturated carbocycles. The Labute approximate surface area is 129 Å². The Kier molecular flexibility index (Phi) is 5.49. The Morgan fingerprint density at radius 1 is 0.818 bits per heavy atom. The Bertz CT molecular complexity index is 609. The predicted octanol–water partition coefficient (Wildman–Crippen LogP) is 1.52. The second-order valence-electron chi connectivity index (χ2n) is 4.82. The molecule has 2 rings (SSSR count). The molecule has 0 radical (unpaired) electrons. The van der Waals surface area contributed by atoms with Gasteiger partial charge in [0.2, 0.25) is 5.91 Å². The van der Waals surface area contributed by atoms with Crippen LogP contribution in [0.3, 0.4) is 0 Å². The van der Waals surface area contributed by atoms with Crippen molar-refractivity contribution < 1.29 is 14.7 Å². The Morgan fingerprint density at radius 3 is 1.68 bits per heavy atom. The van der Waals surface area contributed by atoms with E-state index in [-0.39, 0.29) is 5.91 Å². The number of carbonyl (C=O) groups is 2. The van der Waals surface area contributed by atoms with Gasteiger partial charge in [0.15, 0.2) is 0 Å². The van der Waals surface area contributed by atoms with Gasteiger partial charge in [0.1, 0.15) is 0 Å². The molecule has 0 aliphatic rings. The van der Waals surface area contributed by atoms with Gasteiger partial charge in [-0.1, -0.05) is 60.7 Å². The highest BCUT2D eigenvalue weighted by atomic mass is 16.4. The molecule has 2 aromatic rings. The number of aliphatic carboxylic acids is 1. The molecule has 0 bridgehead atoms. The minimum atomic E-state index is -1.38. The molecule has 0 N–H and O–H groups in total. The maximum Gasteiger partial charge on any atom is 0.247 e. The van der Waals surface area contributed by atoms with Crippen molar-refractivity contribution in [1.82, 2.24) is 4.90 Å². The van der Waals surface area contributed by atoms with Gasteiger partial charge in [0.25, 0.3) is 0 Å². The van der Waals surface area contributed by atoms with Crippen LogP contribution in [0.25, 0.3) is 0 Å². The van der Waals surface area contributed by atoms with Crippen molar-refractivity contribution in [3.05, 3.63) is 83.9 Å². The number of hydrogen-bond acceptors (Lipinski definition) is 3. The van der Waals surface area contributed by atoms with Crippen LogP contribution in [0, 0.1) is 0 Å². The summed E-state index contributed by atoms with van der Waals surface area (Å²) in [4.78, 5) is 24.3. The van der Waals surface area contributed by atoms with E-state index in [0.29, 0.717) is 13.1 Å². The number of benzene rings is 2. The quantitative estimate of drug-likeness (QED) is 0.759. The van der Waals surface area contributed by atoms with E-state index in [0.717, 1.165) is 23.3 Å². The lowest BCUT2D eigenvalue weighted by atomic mass is 10.1. The summed E-state index contributed by atoms with van der Waals surface area (Å²) < 4.78 is 0. The van der Waals surface area contributed by atoms with Gasteiger partial charge in [-0.05, 0) is 17.2 Å². The van der Waals surface area contributed by atoms with E-state index < -0.39 is 5.97 Å². The van der Waals surface area contributed by atoms with Crippen molar-refractivity contribution in [1.29, 1.82) is 0 Å². The molecular formula is C18H16NO3-. The zero-order valence-corrected chi connectivity index (χ0v) is 12.0. The van der Waals surface area contributed by atoms with Gasteiger partial charge in [-0.3, -0.25) is 4.79 Å². The SMILES string of the molecule is O=C([O-])/C=C/C(=O)N(Cc1ccccc1)Cc1ccccc1. The molecule has 0 spiro atoms. The lowest BCUT2D eigenvalue weighted by Gasteiger charge is -2.21. The summed E-state index contributed by atoms with van der Waals surface area (Å²) in [5.74, 6) is -1.75. The fourth-order valence-electron chi connectivity index (χ4n) is 2.06. The molecule has 0 aliphatic carbocycles. The highest BCUT2D eigenvalue weighted by Crippen LogP contribution is 2.10. The first-order chi connectivity index (χ1) is 10.6. The Hall–Kier alpha value is -2.88. The maximum absolute atomic E-state index is 12.2. The van der Waals surface area contributed by atoms with Gasteiger partial charge < -0.3 is 14.8 Å². The summed E-state index contributed by atoms with van der Waals surface area (Å²) in [5, 5.41) is 10.5. The van der Waals surface area contributed by atoms with E-state index in [1.54, 1.807) is 4.90 Å². The van der Waals surface area contributed by atoms with Gasteiger partial charge in [-0.15, -0.1) is 0 Å². The van der Waals surface area contributed by atoms with Crippen molar-refractivity contribution in [3.8, 4) is 0 Å². The molecule has 0 heterocycles. The van der Waals surface area contributed by atoms with Gasteiger partial charge in [-0.25, -0.2) is 0 Å². The molecule has 0 unspecified atom stereocenters. The van der Waals surface area contributed by atoms with Crippen molar-refractivity contribution in [3.63, 3.8) is 0 Å². The molecule has 2 aromatic carbocycles. The number of carboxylic acids is 1. The fourth-order valence-corrected chi connectivity index (χ4v) is 2.06. The minimum absolute atomic E-state index is 0.364. The van der Waals surface area contributed by atoms with Crippen LogP contribution in [0.1, 0.15) is 11.1 Å². The van der Waals surface area contributed by atoms with Gasteiger partial charge >= 0.3 is 0 Å². The van der Waals surface area contributed by atoms with Crippen molar-refractivity contribution in [2.24, 2.45) is 0 Å². The summed E-state index contributed by atoms with van der Waals surface area (Å²) in [6.45, 7) is 0.817. The van der Waals surface area contributed by atoms with E-state index >= 15 is 0 Å². The van der Waals surface area contributed by atoms with Crippen molar-refractivity contribution >= 4 is 11.9 Å². The third-order valence-electron chi connectivity index (χ3n) is 3.11. The number of nitrogens with zero attached hydrogens (tertiary/aromatic N) is 1. The molecule has 22 heavy (non-hydrogen) atoms. The number of rotatable bonds is 6. The fraction of sp³-hybridized carbons (Fsp3) is 0.111. The van der Waals surface area contributed by atoms with Crippen molar-refractivity contribution in [2.75, 3.05) is 0 Å². The largest absolute Gasteiger partial charge is 0.545 e. The third kappa shape index (κ3) is 4.90. The molecule has 0 atom stereocenters. The van der Waals surface area contributed by atoms with Crippen LogP contribution >= 0.6 is 0 Å². The molecule has 0 fully saturated rings. The van der Waals surface area contributed by atoms with Crippen LogP contribution in [-0.4, -0.2) is 16.8 Å². The van der Waals surface area contributed by atoms with Crippen LogP contribution in [0.4, 0.5) is 0 Å².